The van der Waals surface area contributed by atoms with Gasteiger partial charge in [-0.15, -0.1) is 0 Å². The van der Waals surface area contributed by atoms with Gasteiger partial charge in [0, 0.05) is 12.8 Å². The first-order valence-corrected chi connectivity index (χ1v) is 19.2. The summed E-state index contributed by atoms with van der Waals surface area (Å²) in [4.78, 5) is 24.1. The van der Waals surface area contributed by atoms with Gasteiger partial charge in [-0.1, -0.05) is 155 Å². The zero-order chi connectivity index (χ0) is 32.4. The van der Waals surface area contributed by atoms with Gasteiger partial charge in [-0.05, 0) is 51.4 Å². The molecule has 5 nitrogen and oxygen atoms in total. The Labute approximate surface area is 273 Å². The first-order valence-electron chi connectivity index (χ1n) is 19.2. The van der Waals surface area contributed by atoms with Crippen molar-refractivity contribution in [3.05, 3.63) is 12.7 Å². The number of ether oxygens (including phenoxy) is 2. The van der Waals surface area contributed by atoms with Gasteiger partial charge < -0.3 is 14.6 Å². The van der Waals surface area contributed by atoms with E-state index in [1.807, 2.05) is 0 Å². The van der Waals surface area contributed by atoms with Crippen molar-refractivity contribution < 1.29 is 24.2 Å². The van der Waals surface area contributed by atoms with E-state index in [9.17, 15) is 14.7 Å². The molecule has 0 bridgehead atoms. The largest absolute Gasteiger partial charge is 0.462 e. The molecule has 260 valence electrons. The molecule has 1 N–H and O–H groups in total. The van der Waals surface area contributed by atoms with Gasteiger partial charge in [0.15, 0.2) is 0 Å². The van der Waals surface area contributed by atoms with Crippen molar-refractivity contribution in [2.24, 2.45) is 0 Å². The summed E-state index contributed by atoms with van der Waals surface area (Å²) in [6.45, 7) is 8.33. The number of carbonyl (C=O) groups excluding carboxylic acids is 2. The number of hydrogen-bond donors (Lipinski definition) is 1. The fraction of sp³-hybridized carbons (Fsp3) is 0.897. The number of aliphatic hydroxyl groups excluding tert-OH is 1. The molecule has 0 aliphatic carbocycles. The van der Waals surface area contributed by atoms with Crippen molar-refractivity contribution >= 4 is 11.9 Å². The molecule has 0 aromatic rings. The van der Waals surface area contributed by atoms with Gasteiger partial charge in [-0.3, -0.25) is 9.59 Å². The van der Waals surface area contributed by atoms with Crippen LogP contribution in [0.25, 0.3) is 0 Å². The number of hydrogen-bond acceptors (Lipinski definition) is 5. The summed E-state index contributed by atoms with van der Waals surface area (Å²) in [7, 11) is 0. The Balaban J connectivity index is 3.85. The van der Waals surface area contributed by atoms with Crippen LogP contribution in [-0.4, -0.2) is 35.9 Å². The minimum absolute atomic E-state index is 0.00659. The molecular formula is C39H74O5. The van der Waals surface area contributed by atoms with Crippen molar-refractivity contribution in [2.75, 3.05) is 6.61 Å². The molecule has 0 aliphatic heterocycles. The Morgan fingerprint density at radius 2 is 0.909 bits per heavy atom. The lowest BCUT2D eigenvalue weighted by Gasteiger charge is -2.18. The normalized spacial score (nSPS) is 12.6. The van der Waals surface area contributed by atoms with Crippen LogP contribution in [0.5, 0.6) is 0 Å². The van der Waals surface area contributed by atoms with Gasteiger partial charge in [0.2, 0.25) is 0 Å². The van der Waals surface area contributed by atoms with E-state index in [-0.39, 0.29) is 24.1 Å². The Kier molecular flexibility index (Phi) is 33.4. The van der Waals surface area contributed by atoms with Crippen molar-refractivity contribution in [1.82, 2.24) is 0 Å². The van der Waals surface area contributed by atoms with E-state index in [0.717, 1.165) is 70.6 Å². The molecule has 0 aromatic heterocycles. The third-order valence-corrected chi connectivity index (χ3v) is 8.76. The molecular weight excluding hydrogens is 548 g/mol. The topological polar surface area (TPSA) is 72.8 Å². The minimum atomic E-state index is -0.118. The van der Waals surface area contributed by atoms with Crippen molar-refractivity contribution in [3.8, 4) is 0 Å². The molecule has 5 heteroatoms. The number of rotatable bonds is 35. The fourth-order valence-electron chi connectivity index (χ4n) is 5.89. The van der Waals surface area contributed by atoms with Gasteiger partial charge in [0.1, 0.15) is 12.7 Å². The maximum absolute atomic E-state index is 12.6. The number of unbranched alkanes of at least 4 members (excludes halogenated alkanes) is 20. The Hall–Kier alpha value is -1.36. The molecule has 0 aliphatic rings. The van der Waals surface area contributed by atoms with E-state index in [4.69, 9.17) is 9.47 Å². The Bertz CT molecular complexity index is 634. The number of carbonyl (C=O) groups is 2. The van der Waals surface area contributed by atoms with Crippen LogP contribution in [0.4, 0.5) is 0 Å². The molecule has 2 unspecified atom stereocenters. The third kappa shape index (κ3) is 32.0. The molecule has 0 aromatic carbocycles. The van der Waals surface area contributed by atoms with Gasteiger partial charge in [-0.25, -0.2) is 0 Å². The average Bonchev–Trinajstić information content (AvgIpc) is 3.01. The molecule has 0 amide bonds. The first-order chi connectivity index (χ1) is 21.5. The summed E-state index contributed by atoms with van der Waals surface area (Å²) in [5.74, 6) is -0.111. The van der Waals surface area contributed by atoms with E-state index in [0.29, 0.717) is 19.4 Å². The summed E-state index contributed by atoms with van der Waals surface area (Å²) in [6.07, 6.45) is 35.1. The molecule has 0 fully saturated rings. The zero-order valence-electron chi connectivity index (χ0n) is 29.4. The standard InChI is InChI=1S/C39H74O5/c1-4-7-9-23-29-36(40)30-24-19-15-11-13-18-22-28-34-39(42)44-37(31-25-10-8-5-2)32-26-20-16-12-14-17-21-27-33-38(41)43-35-6-3/h6,36-37,40H,3-5,7-35H2,1-2H3. The van der Waals surface area contributed by atoms with E-state index in [2.05, 4.69) is 20.4 Å². The molecule has 0 heterocycles. The van der Waals surface area contributed by atoms with Crippen LogP contribution in [0, 0.1) is 0 Å². The van der Waals surface area contributed by atoms with Gasteiger partial charge in [-0.2, -0.15) is 0 Å². The van der Waals surface area contributed by atoms with Crippen molar-refractivity contribution in [2.45, 2.75) is 219 Å². The molecule has 0 rings (SSSR count). The maximum Gasteiger partial charge on any atom is 0.306 e. The van der Waals surface area contributed by atoms with Crippen LogP contribution in [0.3, 0.4) is 0 Å². The van der Waals surface area contributed by atoms with Crippen molar-refractivity contribution in [1.29, 1.82) is 0 Å². The maximum atomic E-state index is 12.6. The van der Waals surface area contributed by atoms with E-state index >= 15 is 0 Å². The lowest BCUT2D eigenvalue weighted by Crippen LogP contribution is -2.18. The van der Waals surface area contributed by atoms with Crippen LogP contribution in [0.15, 0.2) is 12.7 Å². The van der Waals surface area contributed by atoms with Crippen molar-refractivity contribution in [3.63, 3.8) is 0 Å². The SMILES string of the molecule is C=CCOC(=O)CCCCCCCCCCC(CCCCCC)OC(=O)CCCCCCCCCCC(O)CCCCCC. The smallest absolute Gasteiger partial charge is 0.306 e. The third-order valence-electron chi connectivity index (χ3n) is 8.76. The van der Waals surface area contributed by atoms with Crippen LogP contribution in [0.1, 0.15) is 206 Å². The summed E-state index contributed by atoms with van der Waals surface area (Å²) in [5.41, 5.74) is 0. The lowest BCUT2D eigenvalue weighted by molar-refractivity contribution is -0.150. The van der Waals surface area contributed by atoms with E-state index < -0.39 is 0 Å². The van der Waals surface area contributed by atoms with Crippen LogP contribution >= 0.6 is 0 Å². The summed E-state index contributed by atoms with van der Waals surface area (Å²) >= 11 is 0. The molecule has 44 heavy (non-hydrogen) atoms. The highest BCUT2D eigenvalue weighted by Crippen LogP contribution is 2.19. The monoisotopic (exact) mass is 623 g/mol. The van der Waals surface area contributed by atoms with Crippen LogP contribution in [-0.2, 0) is 19.1 Å². The quantitative estimate of drug-likeness (QED) is 0.0432. The Morgan fingerprint density at radius 1 is 0.545 bits per heavy atom. The van der Waals surface area contributed by atoms with Gasteiger partial charge in [0.05, 0.1) is 6.10 Å². The molecule has 2 atom stereocenters. The fourth-order valence-corrected chi connectivity index (χ4v) is 5.89. The zero-order valence-corrected chi connectivity index (χ0v) is 29.4. The summed E-state index contributed by atoms with van der Waals surface area (Å²) in [6, 6.07) is 0. The Morgan fingerprint density at radius 3 is 1.34 bits per heavy atom. The highest BCUT2D eigenvalue weighted by molar-refractivity contribution is 5.69. The molecule has 0 saturated heterocycles. The second-order valence-corrected chi connectivity index (χ2v) is 13.2. The van der Waals surface area contributed by atoms with Gasteiger partial charge in [0.25, 0.3) is 0 Å². The lowest BCUT2D eigenvalue weighted by atomic mass is 10.0. The van der Waals surface area contributed by atoms with E-state index in [1.165, 1.54) is 109 Å². The highest BCUT2D eigenvalue weighted by atomic mass is 16.5. The number of esters is 2. The first kappa shape index (κ1) is 42.6. The number of aliphatic hydroxyl groups is 1. The van der Waals surface area contributed by atoms with Gasteiger partial charge >= 0.3 is 11.9 Å². The van der Waals surface area contributed by atoms with E-state index in [1.54, 1.807) is 6.08 Å². The van der Waals surface area contributed by atoms with Crippen LogP contribution in [0.2, 0.25) is 0 Å². The molecule has 0 radical (unpaired) electrons. The summed E-state index contributed by atoms with van der Waals surface area (Å²) < 4.78 is 11.0. The second kappa shape index (κ2) is 34.5. The predicted octanol–water partition coefficient (Wildman–Crippen LogP) is 11.7. The second-order valence-electron chi connectivity index (χ2n) is 13.2. The average molecular weight is 623 g/mol. The predicted molar refractivity (Wildman–Crippen MR) is 187 cm³/mol. The van der Waals surface area contributed by atoms with Crippen LogP contribution < -0.4 is 0 Å². The summed E-state index contributed by atoms with van der Waals surface area (Å²) in [5, 5.41) is 10.1. The highest BCUT2D eigenvalue weighted by Gasteiger charge is 2.14. The minimum Gasteiger partial charge on any atom is -0.462 e. The molecule has 0 spiro atoms. The molecule has 0 saturated carbocycles.